The van der Waals surface area contributed by atoms with Crippen LogP contribution in [-0.4, -0.2) is 57.9 Å². The zero-order valence-corrected chi connectivity index (χ0v) is 17.1. The minimum Gasteiger partial charge on any atom is -0.392 e. The summed E-state index contributed by atoms with van der Waals surface area (Å²) in [6.45, 7) is 0.814. The third kappa shape index (κ3) is 5.11. The minimum atomic E-state index is -3.09. The van der Waals surface area contributed by atoms with Gasteiger partial charge in [0.25, 0.3) is 0 Å². The molecule has 0 radical (unpaired) electrons. The fraction of sp³-hybridized carbons (Fsp3) is 0.333. The summed E-state index contributed by atoms with van der Waals surface area (Å²) in [6, 6.07) is 1.92. The zero-order valence-electron chi connectivity index (χ0n) is 16.3. The monoisotopic (exact) mass is 461 g/mol. The molecule has 2 aromatic heterocycles. The number of sulfonamides is 1. The fourth-order valence-electron chi connectivity index (χ4n) is 3.17. The quantitative estimate of drug-likeness (QED) is 0.564. The number of rotatable bonds is 2. The maximum atomic E-state index is 13.9. The van der Waals surface area contributed by atoms with Gasteiger partial charge < -0.3 is 10.8 Å². The lowest BCUT2D eigenvalue weighted by atomic mass is 10.1. The molecule has 168 valence electrons. The Morgan fingerprint density at radius 2 is 1.77 bits per heavy atom. The summed E-state index contributed by atoms with van der Waals surface area (Å²) in [4.78, 5) is 3.65. The third-order valence-corrected chi connectivity index (χ3v) is 5.83. The lowest BCUT2D eigenvalue weighted by Gasteiger charge is -2.27. The zero-order chi connectivity index (χ0) is 22.9. The van der Waals surface area contributed by atoms with Crippen LogP contribution >= 0.6 is 0 Å². The van der Waals surface area contributed by atoms with Crippen molar-refractivity contribution in [2.75, 3.05) is 25.1 Å². The molecule has 0 bridgehead atoms. The van der Waals surface area contributed by atoms with Gasteiger partial charge in [0.2, 0.25) is 16.0 Å². The second kappa shape index (κ2) is 8.77. The van der Waals surface area contributed by atoms with Crippen LogP contribution in [0.1, 0.15) is 12.8 Å². The third-order valence-electron chi connectivity index (χ3n) is 4.56. The van der Waals surface area contributed by atoms with E-state index in [9.17, 15) is 26.0 Å². The van der Waals surface area contributed by atoms with Gasteiger partial charge in [0.1, 0.15) is 23.1 Å². The number of aliphatic hydroxyl groups is 1. The highest BCUT2D eigenvalue weighted by Gasteiger charge is 2.24. The predicted molar refractivity (Wildman–Crippen MR) is 104 cm³/mol. The average Bonchev–Trinajstić information content (AvgIpc) is 2.96. The second-order valence-corrected chi connectivity index (χ2v) is 8.94. The molecule has 1 fully saturated rings. The van der Waals surface area contributed by atoms with Crippen molar-refractivity contribution < 1.29 is 31.1 Å². The van der Waals surface area contributed by atoms with E-state index in [4.69, 9.17) is 10.8 Å². The minimum absolute atomic E-state index is 0.162. The molecule has 1 aliphatic rings. The van der Waals surface area contributed by atoms with E-state index >= 15 is 0 Å². The highest BCUT2D eigenvalue weighted by Crippen LogP contribution is 2.30. The van der Waals surface area contributed by atoms with Gasteiger partial charge in [0, 0.05) is 31.3 Å². The highest BCUT2D eigenvalue weighted by atomic mass is 32.2. The topological polar surface area (TPSA) is 114 Å². The number of piperidine rings is 1. The number of halogens is 4. The summed E-state index contributed by atoms with van der Waals surface area (Å²) < 4.78 is 78.5. The number of benzene rings is 1. The lowest BCUT2D eigenvalue weighted by molar-refractivity contribution is 0.108. The molecule has 1 aliphatic heterocycles. The molecule has 3 aromatic rings. The molecule has 13 heteroatoms. The molecule has 0 amide bonds. The molecule has 31 heavy (non-hydrogen) atoms. The smallest absolute Gasteiger partial charge is 0.238 e. The van der Waals surface area contributed by atoms with Crippen molar-refractivity contribution in [2.45, 2.75) is 18.9 Å². The van der Waals surface area contributed by atoms with Crippen molar-refractivity contribution in [1.29, 1.82) is 0 Å². The molecule has 0 saturated carbocycles. The number of hydrogen-bond acceptors (Lipinski definition) is 6. The van der Waals surface area contributed by atoms with Gasteiger partial charge in [-0.3, -0.25) is 0 Å². The van der Waals surface area contributed by atoms with Gasteiger partial charge in [-0.25, -0.2) is 35.5 Å². The molecule has 0 aliphatic carbocycles. The van der Waals surface area contributed by atoms with Gasteiger partial charge in [-0.1, -0.05) is 0 Å². The summed E-state index contributed by atoms with van der Waals surface area (Å²) in [7, 11) is -3.09. The Morgan fingerprint density at radius 3 is 2.32 bits per heavy atom. The first-order valence-electron chi connectivity index (χ1n) is 9.05. The first-order chi connectivity index (χ1) is 14.5. The molecular weight excluding hydrogens is 442 g/mol. The number of nitrogens with zero attached hydrogens (tertiary/aromatic N) is 4. The lowest BCUT2D eigenvalue weighted by Crippen LogP contribution is -2.41. The number of β-amino-alcohol motifs (C(OH)–C–C–N with tert-alkyl or cyclic N) is 1. The summed E-state index contributed by atoms with van der Waals surface area (Å²) in [5.74, 6) is -4.69. The van der Waals surface area contributed by atoms with Crippen LogP contribution < -0.4 is 5.73 Å². The van der Waals surface area contributed by atoms with Crippen LogP contribution in [-0.2, 0) is 10.0 Å². The van der Waals surface area contributed by atoms with Crippen molar-refractivity contribution in [3.8, 4) is 11.3 Å². The van der Waals surface area contributed by atoms with E-state index in [1.165, 1.54) is 16.8 Å². The van der Waals surface area contributed by atoms with Crippen molar-refractivity contribution in [3.63, 3.8) is 0 Å². The van der Waals surface area contributed by atoms with Crippen LogP contribution in [0, 0.1) is 23.3 Å². The number of hydrogen-bond donors (Lipinski definition) is 2. The van der Waals surface area contributed by atoms with Crippen LogP contribution in [0.2, 0.25) is 0 Å². The first-order valence-corrected chi connectivity index (χ1v) is 10.9. The Morgan fingerprint density at radius 1 is 1.13 bits per heavy atom. The Labute approximate surface area is 175 Å². The van der Waals surface area contributed by atoms with E-state index in [-0.39, 0.29) is 18.0 Å². The van der Waals surface area contributed by atoms with E-state index < -0.39 is 50.7 Å². The second-order valence-electron chi connectivity index (χ2n) is 6.96. The molecule has 1 atom stereocenters. The van der Waals surface area contributed by atoms with Gasteiger partial charge in [0.15, 0.2) is 5.82 Å². The number of nitrogens with two attached hydrogens (primary N) is 1. The molecule has 1 unspecified atom stereocenters. The average molecular weight is 461 g/mol. The number of aliphatic hydroxyl groups excluding tert-OH is 1. The Bertz CT molecular complexity index is 1200. The Kier molecular flexibility index (Phi) is 6.48. The van der Waals surface area contributed by atoms with Gasteiger partial charge in [-0.2, -0.15) is 4.31 Å². The largest absolute Gasteiger partial charge is 0.392 e. The normalized spacial score (nSPS) is 17.4. The number of anilines is 1. The number of nitrogen functional groups attached to an aromatic ring is 1. The Hall–Kier alpha value is -2.77. The van der Waals surface area contributed by atoms with E-state index in [0.29, 0.717) is 25.1 Å². The molecule has 3 N–H and O–H groups in total. The maximum Gasteiger partial charge on any atom is 0.238 e. The van der Waals surface area contributed by atoms with Crippen LogP contribution in [0.4, 0.5) is 23.5 Å². The van der Waals surface area contributed by atoms with Crippen molar-refractivity contribution in [3.05, 3.63) is 47.7 Å². The molecule has 0 spiro atoms. The first kappa shape index (κ1) is 22.9. The van der Waals surface area contributed by atoms with E-state index in [2.05, 4.69) is 10.1 Å². The fourth-order valence-corrected chi connectivity index (χ4v) is 4.07. The molecule has 1 saturated heterocycles. The van der Waals surface area contributed by atoms with E-state index in [1.54, 1.807) is 0 Å². The summed E-state index contributed by atoms with van der Waals surface area (Å²) in [5.41, 5.74) is 4.33. The maximum absolute atomic E-state index is 13.9. The Balaban J connectivity index is 0.000000210. The highest BCUT2D eigenvalue weighted by molar-refractivity contribution is 7.88. The van der Waals surface area contributed by atoms with Crippen LogP contribution in [0.15, 0.2) is 24.4 Å². The van der Waals surface area contributed by atoms with Gasteiger partial charge >= 0.3 is 0 Å². The van der Waals surface area contributed by atoms with Gasteiger partial charge in [-0.15, -0.1) is 5.10 Å². The predicted octanol–water partition coefficient (Wildman–Crippen LogP) is 1.94. The van der Waals surface area contributed by atoms with Crippen molar-refractivity contribution >= 4 is 21.5 Å². The molecular formula is C18H19F4N5O3S. The molecule has 3 heterocycles. The summed E-state index contributed by atoms with van der Waals surface area (Å²) in [6.07, 6.45) is 3.37. The van der Waals surface area contributed by atoms with Gasteiger partial charge in [-0.05, 0) is 12.8 Å². The summed E-state index contributed by atoms with van der Waals surface area (Å²) >= 11 is 0. The van der Waals surface area contributed by atoms with Gasteiger partial charge in [0.05, 0.1) is 29.6 Å². The molecule has 4 rings (SSSR count). The molecule has 1 aromatic carbocycles. The molecule has 8 nitrogen and oxygen atoms in total. The SMILES string of the molecule is CS(=O)(=O)N1CCCC(O)C1.Nc1ncc2cc(F)c(-c3c(F)cc(F)cc3F)n2n1. The van der Waals surface area contributed by atoms with Crippen LogP contribution in [0.3, 0.4) is 0 Å². The van der Waals surface area contributed by atoms with E-state index in [1.807, 2.05) is 0 Å². The van der Waals surface area contributed by atoms with Crippen LogP contribution in [0.25, 0.3) is 16.8 Å². The van der Waals surface area contributed by atoms with Crippen molar-refractivity contribution in [2.24, 2.45) is 0 Å². The van der Waals surface area contributed by atoms with Crippen molar-refractivity contribution in [1.82, 2.24) is 18.9 Å². The number of aromatic nitrogens is 3. The summed E-state index contributed by atoms with van der Waals surface area (Å²) in [5, 5.41) is 12.8. The standard InChI is InChI=1S/C12H6F4N4.C6H13NO3S/c13-5-1-7(14)10(8(15)2-5)11-9(16)3-6-4-18-12(17)19-20(6)11;1-11(9,10)7-4-2-3-6(8)5-7/h1-4H,(H2,17,19);6,8H,2-5H2,1H3. The van der Waals surface area contributed by atoms with Crippen LogP contribution in [0.5, 0.6) is 0 Å². The van der Waals surface area contributed by atoms with E-state index in [0.717, 1.165) is 17.0 Å². The number of fused-ring (bicyclic) bond motifs is 1.